The number of aromatic amines is 2. The molecule has 4 aromatic rings. The van der Waals surface area contributed by atoms with Crippen molar-refractivity contribution in [1.29, 1.82) is 0 Å². The van der Waals surface area contributed by atoms with E-state index < -0.39 is 0 Å². The number of carbonyl (C=O) groups excluding carboxylic acids is 2. The summed E-state index contributed by atoms with van der Waals surface area (Å²) in [4.78, 5) is 32.7. The Bertz CT molecular complexity index is 1920. The standard InChI is InChI=1S/C64H100N2O6/c1-7-11-15-19-23-27-31-35-43-69-57-41-39-53(47-59(57)71-45-37-33-29-25-21-17-13-9-3)61-51(5)63(65-55(61)49-67)64-52(6)62(56(50-68)66-64)54-40-42-58(70-44-36-32-28-24-20-16-12-8-2)60(48-54)72-46-38-34-30-26-22-18-14-10-4/h39-42,47-50,65-66H,7-38,43-46H2,1-6H3. The predicted octanol–water partition coefficient (Wildman–Crippen LogP) is 19.7. The maximum Gasteiger partial charge on any atom is 0.166 e. The highest BCUT2D eigenvalue weighted by atomic mass is 16.5. The van der Waals surface area contributed by atoms with Crippen LogP contribution in [0.15, 0.2) is 36.4 Å². The summed E-state index contributed by atoms with van der Waals surface area (Å²) in [5.74, 6) is 2.91. The monoisotopic (exact) mass is 993 g/mol. The molecule has 0 aliphatic carbocycles. The van der Waals surface area contributed by atoms with Crippen LogP contribution >= 0.6 is 0 Å². The molecule has 2 N–H and O–H groups in total. The van der Waals surface area contributed by atoms with Gasteiger partial charge in [-0.3, -0.25) is 9.59 Å². The lowest BCUT2D eigenvalue weighted by atomic mass is 9.97. The van der Waals surface area contributed by atoms with Crippen molar-refractivity contribution in [3.05, 3.63) is 58.9 Å². The second-order valence-electron chi connectivity index (χ2n) is 20.7. The van der Waals surface area contributed by atoms with Gasteiger partial charge >= 0.3 is 0 Å². The molecule has 0 atom stereocenters. The molecule has 2 aromatic heterocycles. The Morgan fingerprint density at radius 3 is 0.861 bits per heavy atom. The Morgan fingerprint density at radius 1 is 0.347 bits per heavy atom. The summed E-state index contributed by atoms with van der Waals surface area (Å²) < 4.78 is 25.9. The Kier molecular flexibility index (Phi) is 31.1. The number of ether oxygens (including phenoxy) is 4. The number of aldehydes is 2. The first-order chi connectivity index (χ1) is 35.4. The van der Waals surface area contributed by atoms with Gasteiger partial charge in [-0.1, -0.05) is 220 Å². The smallest absolute Gasteiger partial charge is 0.166 e. The highest BCUT2D eigenvalue weighted by molar-refractivity contribution is 5.96. The summed E-state index contributed by atoms with van der Waals surface area (Å²) >= 11 is 0. The highest BCUT2D eigenvalue weighted by Gasteiger charge is 2.24. The quantitative estimate of drug-likeness (QED) is 0.0338. The second kappa shape index (κ2) is 37.3. The van der Waals surface area contributed by atoms with Crippen LogP contribution in [0.25, 0.3) is 33.6 Å². The molecule has 2 heterocycles. The molecule has 0 saturated carbocycles. The zero-order valence-corrected chi connectivity index (χ0v) is 46.5. The highest BCUT2D eigenvalue weighted by Crippen LogP contribution is 2.43. The minimum Gasteiger partial charge on any atom is -0.490 e. The van der Waals surface area contributed by atoms with Crippen molar-refractivity contribution < 1.29 is 28.5 Å². The van der Waals surface area contributed by atoms with Crippen LogP contribution < -0.4 is 18.9 Å². The number of benzene rings is 2. The third kappa shape index (κ3) is 21.2. The van der Waals surface area contributed by atoms with Gasteiger partial charge in [0.2, 0.25) is 0 Å². The van der Waals surface area contributed by atoms with Gasteiger partial charge in [0.1, 0.15) is 0 Å². The molecule has 0 fully saturated rings. The third-order valence-electron chi connectivity index (χ3n) is 14.5. The van der Waals surface area contributed by atoms with Crippen LogP contribution in [0.4, 0.5) is 0 Å². The zero-order chi connectivity index (χ0) is 51.4. The number of hydrogen-bond acceptors (Lipinski definition) is 6. The Morgan fingerprint density at radius 2 is 0.597 bits per heavy atom. The lowest BCUT2D eigenvalue weighted by molar-refractivity contribution is 0.111. The Balaban J connectivity index is 1.56. The van der Waals surface area contributed by atoms with E-state index in [0.29, 0.717) is 49.3 Å². The first-order valence-corrected chi connectivity index (χ1v) is 29.6. The molecule has 8 heteroatoms. The van der Waals surface area contributed by atoms with Crippen molar-refractivity contribution in [1.82, 2.24) is 9.97 Å². The van der Waals surface area contributed by atoms with Gasteiger partial charge in [0, 0.05) is 11.1 Å². The normalized spacial score (nSPS) is 11.4. The van der Waals surface area contributed by atoms with E-state index >= 15 is 0 Å². The number of hydrogen-bond donors (Lipinski definition) is 2. The lowest BCUT2D eigenvalue weighted by Crippen LogP contribution is -2.03. The van der Waals surface area contributed by atoms with Crippen molar-refractivity contribution in [3.63, 3.8) is 0 Å². The van der Waals surface area contributed by atoms with E-state index in [9.17, 15) is 9.59 Å². The fourth-order valence-corrected chi connectivity index (χ4v) is 10.1. The molecule has 0 unspecified atom stereocenters. The fraction of sp³-hybridized carbons (Fsp3) is 0.656. The van der Waals surface area contributed by atoms with Crippen molar-refractivity contribution in [3.8, 4) is 56.6 Å². The minimum absolute atomic E-state index is 0.474. The van der Waals surface area contributed by atoms with E-state index in [1.165, 1.54) is 154 Å². The Hall–Kier alpha value is -4.46. The van der Waals surface area contributed by atoms with Crippen molar-refractivity contribution in [2.45, 2.75) is 247 Å². The molecule has 72 heavy (non-hydrogen) atoms. The van der Waals surface area contributed by atoms with Gasteiger partial charge in [0.15, 0.2) is 35.6 Å². The van der Waals surface area contributed by atoms with E-state index in [2.05, 4.69) is 37.7 Å². The molecule has 0 bridgehead atoms. The van der Waals surface area contributed by atoms with E-state index in [1.54, 1.807) is 0 Å². The van der Waals surface area contributed by atoms with Crippen LogP contribution in [0.5, 0.6) is 23.0 Å². The van der Waals surface area contributed by atoms with Crippen molar-refractivity contribution in [2.24, 2.45) is 0 Å². The summed E-state index contributed by atoms with van der Waals surface area (Å²) in [5.41, 5.74) is 7.68. The maximum absolute atomic E-state index is 12.9. The fourth-order valence-electron chi connectivity index (χ4n) is 10.1. The molecule has 0 radical (unpaired) electrons. The molecule has 0 aliphatic heterocycles. The number of unbranched alkanes of at least 4 members (excludes halogenated alkanes) is 28. The van der Waals surface area contributed by atoms with Gasteiger partial charge in [-0.2, -0.15) is 0 Å². The Labute approximate surface area is 438 Å². The molecule has 0 spiro atoms. The zero-order valence-electron chi connectivity index (χ0n) is 46.5. The summed E-state index contributed by atoms with van der Waals surface area (Å²) in [6, 6.07) is 12.2. The van der Waals surface area contributed by atoms with Crippen molar-refractivity contribution >= 4 is 12.6 Å². The first kappa shape index (κ1) is 60.1. The number of H-pyrrole nitrogens is 2. The topological polar surface area (TPSA) is 103 Å². The third-order valence-corrected chi connectivity index (χ3v) is 14.5. The van der Waals surface area contributed by atoms with Crippen LogP contribution in [-0.2, 0) is 0 Å². The van der Waals surface area contributed by atoms with Crippen molar-refractivity contribution in [2.75, 3.05) is 26.4 Å². The maximum atomic E-state index is 12.9. The van der Waals surface area contributed by atoms with Crippen LogP contribution in [0.3, 0.4) is 0 Å². The van der Waals surface area contributed by atoms with E-state index in [0.717, 1.165) is 120 Å². The van der Waals surface area contributed by atoms with E-state index in [4.69, 9.17) is 18.9 Å². The molecule has 0 amide bonds. The van der Waals surface area contributed by atoms with E-state index in [1.807, 2.05) is 50.2 Å². The van der Waals surface area contributed by atoms with E-state index in [-0.39, 0.29) is 0 Å². The number of aromatic nitrogens is 2. The summed E-state index contributed by atoms with van der Waals surface area (Å²) in [6.45, 7) is 15.6. The van der Waals surface area contributed by atoms with Gasteiger partial charge in [-0.05, 0) is 86.1 Å². The van der Waals surface area contributed by atoms with Gasteiger partial charge in [0.05, 0.1) is 49.2 Å². The number of rotatable bonds is 45. The number of carbonyl (C=O) groups is 2. The molecule has 0 saturated heterocycles. The predicted molar refractivity (Wildman–Crippen MR) is 304 cm³/mol. The van der Waals surface area contributed by atoms with Crippen LogP contribution in [0, 0.1) is 13.8 Å². The lowest BCUT2D eigenvalue weighted by Gasteiger charge is -2.15. The summed E-state index contributed by atoms with van der Waals surface area (Å²) in [6.07, 6.45) is 41.3. The molecular weight excluding hydrogens is 893 g/mol. The minimum atomic E-state index is 0.474. The number of nitrogens with one attached hydrogen (secondary N) is 2. The largest absolute Gasteiger partial charge is 0.490 e. The second-order valence-corrected chi connectivity index (χ2v) is 20.7. The summed E-state index contributed by atoms with van der Waals surface area (Å²) in [7, 11) is 0. The molecule has 0 aliphatic rings. The average Bonchev–Trinajstić information content (AvgIpc) is 3.91. The first-order valence-electron chi connectivity index (χ1n) is 29.6. The SMILES string of the molecule is CCCCCCCCCCOc1ccc(-c2c(C=O)[nH]c(-c3[nH]c(C=O)c(-c4ccc(OCCCCCCCCCC)c(OCCCCCCCCCC)c4)c3C)c2C)cc1OCCCCCCCCCC. The molecular formula is C64H100N2O6. The molecule has 4 rings (SSSR count). The van der Waals surface area contributed by atoms with Gasteiger partial charge in [-0.25, -0.2) is 0 Å². The van der Waals surface area contributed by atoms with Crippen LogP contribution in [-0.4, -0.2) is 49.0 Å². The molecule has 8 nitrogen and oxygen atoms in total. The summed E-state index contributed by atoms with van der Waals surface area (Å²) in [5, 5.41) is 0. The van der Waals surface area contributed by atoms with Gasteiger partial charge in [0.25, 0.3) is 0 Å². The molecule has 2 aromatic carbocycles. The van der Waals surface area contributed by atoms with Crippen LogP contribution in [0.2, 0.25) is 0 Å². The van der Waals surface area contributed by atoms with Gasteiger partial charge in [-0.15, -0.1) is 0 Å². The van der Waals surface area contributed by atoms with Crippen LogP contribution in [0.1, 0.15) is 265 Å². The van der Waals surface area contributed by atoms with Gasteiger partial charge < -0.3 is 28.9 Å². The average molecular weight is 994 g/mol. The molecule has 402 valence electrons.